The van der Waals surface area contributed by atoms with Crippen LogP contribution in [-0.2, 0) is 11.2 Å². The second-order valence-electron chi connectivity index (χ2n) is 9.78. The number of carbonyl (C=O) groups excluding carboxylic acids is 1. The van der Waals surface area contributed by atoms with E-state index >= 15 is 0 Å². The van der Waals surface area contributed by atoms with Gasteiger partial charge in [0.2, 0.25) is 11.9 Å². The maximum absolute atomic E-state index is 13.3. The van der Waals surface area contributed by atoms with Crippen LogP contribution in [-0.4, -0.2) is 51.5 Å². The highest BCUT2D eigenvalue weighted by atomic mass is 16.2. The van der Waals surface area contributed by atoms with Crippen molar-refractivity contribution in [2.75, 3.05) is 36.1 Å². The summed E-state index contributed by atoms with van der Waals surface area (Å²) in [5.74, 6) is -0.0445. The third-order valence-corrected chi connectivity index (χ3v) is 7.10. The highest BCUT2D eigenvalue weighted by Crippen LogP contribution is 2.29. The third-order valence-electron chi connectivity index (χ3n) is 7.10. The Hall–Kier alpha value is -4.75. The van der Waals surface area contributed by atoms with Crippen LogP contribution in [0.3, 0.4) is 0 Å². The summed E-state index contributed by atoms with van der Waals surface area (Å²) in [7, 11) is 2.12. The quantitative estimate of drug-likeness (QED) is 0.376. The minimum absolute atomic E-state index is 0.0648. The summed E-state index contributed by atoms with van der Waals surface area (Å²) in [6.45, 7) is 2.11. The largest absolute Gasteiger partial charge is 0.381 e. The lowest BCUT2D eigenvalue weighted by Crippen LogP contribution is -2.38. The molecule has 0 bridgehead atoms. The van der Waals surface area contributed by atoms with Crippen molar-refractivity contribution in [3.05, 3.63) is 82.3 Å². The molecule has 1 amide bonds. The van der Waals surface area contributed by atoms with Crippen LogP contribution < -0.4 is 21.5 Å². The summed E-state index contributed by atoms with van der Waals surface area (Å²) in [5, 5.41) is 19.7. The number of fused-ring (bicyclic) bond motifs is 2. The van der Waals surface area contributed by atoms with Gasteiger partial charge in [-0.1, -0.05) is 18.2 Å². The van der Waals surface area contributed by atoms with Crippen LogP contribution in [0.1, 0.15) is 23.6 Å². The van der Waals surface area contributed by atoms with Crippen molar-refractivity contribution >= 4 is 40.0 Å². The Morgan fingerprint density at radius 3 is 2.66 bits per heavy atom. The molecule has 4 heterocycles. The molecule has 2 aliphatic rings. The summed E-state index contributed by atoms with van der Waals surface area (Å²) < 4.78 is 1.32. The standard InChI is InChI=1S/C28H26N8O2/c1-35-11-10-22(16-35)31-20-6-8-21(9-7-20)32-28-30-15-19-12-18(14-29)27(38)36(25(19)34-28)24-13-17-4-2-3-5-23(17)33-26(24)37/h2-9,12,15,22,24,31H,10-11,13,16H2,1H3,(H,33,37)(H,30,32,34). The van der Waals surface area contributed by atoms with Gasteiger partial charge in [-0.2, -0.15) is 10.2 Å². The molecule has 1 fully saturated rings. The number of nitrogens with one attached hydrogen (secondary N) is 3. The second-order valence-corrected chi connectivity index (χ2v) is 9.78. The molecule has 0 spiro atoms. The Morgan fingerprint density at radius 1 is 1.11 bits per heavy atom. The van der Waals surface area contributed by atoms with E-state index in [0.29, 0.717) is 17.8 Å². The van der Waals surface area contributed by atoms with E-state index in [2.05, 4.69) is 37.9 Å². The number of anilines is 4. The normalized spacial score (nSPS) is 19.0. The number of nitriles is 1. The molecule has 0 aliphatic carbocycles. The molecule has 0 radical (unpaired) electrons. The minimum atomic E-state index is -0.851. The van der Waals surface area contributed by atoms with Crippen LogP contribution >= 0.6 is 0 Å². The van der Waals surface area contributed by atoms with Gasteiger partial charge in [0.25, 0.3) is 5.56 Å². The molecule has 190 valence electrons. The fourth-order valence-corrected chi connectivity index (χ4v) is 5.16. The topological polar surface area (TPSA) is 128 Å². The molecular formula is C28H26N8O2. The van der Waals surface area contributed by atoms with Crippen molar-refractivity contribution in [2.45, 2.75) is 24.9 Å². The Morgan fingerprint density at radius 2 is 1.89 bits per heavy atom. The van der Waals surface area contributed by atoms with Crippen molar-refractivity contribution in [3.63, 3.8) is 0 Å². The molecule has 2 atom stereocenters. The van der Waals surface area contributed by atoms with Crippen molar-refractivity contribution in [1.82, 2.24) is 19.4 Å². The molecule has 10 nitrogen and oxygen atoms in total. The summed E-state index contributed by atoms with van der Waals surface area (Å²) in [5.41, 5.74) is 3.11. The van der Waals surface area contributed by atoms with Gasteiger partial charge < -0.3 is 20.9 Å². The highest BCUT2D eigenvalue weighted by molar-refractivity contribution is 5.97. The molecule has 2 aliphatic heterocycles. The number of para-hydroxylation sites is 1. The highest BCUT2D eigenvalue weighted by Gasteiger charge is 2.30. The number of nitrogens with zero attached hydrogens (tertiary/aromatic N) is 5. The number of hydrogen-bond acceptors (Lipinski definition) is 8. The number of likely N-dealkylation sites (tertiary alicyclic amines) is 1. The van der Waals surface area contributed by atoms with E-state index in [9.17, 15) is 14.9 Å². The average Bonchev–Trinajstić information content (AvgIpc) is 3.33. The number of rotatable bonds is 5. The zero-order valence-corrected chi connectivity index (χ0v) is 20.8. The Kier molecular flexibility index (Phi) is 5.98. The SMILES string of the molecule is CN1CCC(Nc2ccc(Nc3ncc4cc(C#N)c(=O)n(C5Cc6ccccc6NC5=O)c4n3)cc2)C1. The Labute approximate surface area is 218 Å². The smallest absolute Gasteiger partial charge is 0.270 e. The number of pyridine rings is 1. The molecule has 38 heavy (non-hydrogen) atoms. The summed E-state index contributed by atoms with van der Waals surface area (Å²) in [6, 6.07) is 18.3. The molecule has 2 aromatic heterocycles. The number of aromatic nitrogens is 3. The maximum atomic E-state index is 13.3. The lowest BCUT2D eigenvalue weighted by Gasteiger charge is -2.27. The molecule has 2 unspecified atom stereocenters. The average molecular weight is 507 g/mol. The second kappa shape index (κ2) is 9.61. The lowest BCUT2D eigenvalue weighted by molar-refractivity contribution is -0.119. The van der Waals surface area contributed by atoms with Crippen LogP contribution in [0.5, 0.6) is 0 Å². The van der Waals surface area contributed by atoms with Gasteiger partial charge in [0, 0.05) is 47.7 Å². The zero-order chi connectivity index (χ0) is 26.2. The van der Waals surface area contributed by atoms with Crippen LogP contribution in [0.2, 0.25) is 0 Å². The van der Waals surface area contributed by atoms with Crippen molar-refractivity contribution < 1.29 is 4.79 Å². The molecule has 2 aromatic carbocycles. The van der Waals surface area contributed by atoms with Gasteiger partial charge in [0.1, 0.15) is 23.3 Å². The molecule has 10 heteroatoms. The molecular weight excluding hydrogens is 480 g/mol. The van der Waals surface area contributed by atoms with E-state index in [1.54, 1.807) is 6.20 Å². The molecule has 4 aromatic rings. The third kappa shape index (κ3) is 4.44. The van der Waals surface area contributed by atoms with Crippen LogP contribution in [0, 0.1) is 11.3 Å². The summed E-state index contributed by atoms with van der Waals surface area (Å²) in [4.78, 5) is 37.7. The summed E-state index contributed by atoms with van der Waals surface area (Å²) in [6.07, 6.45) is 2.98. The van der Waals surface area contributed by atoms with Crippen LogP contribution in [0.4, 0.5) is 23.0 Å². The Bertz CT molecular complexity index is 1640. The molecule has 3 N–H and O–H groups in total. The van der Waals surface area contributed by atoms with Crippen molar-refractivity contribution in [1.29, 1.82) is 5.26 Å². The molecule has 0 saturated carbocycles. The van der Waals surface area contributed by atoms with Crippen LogP contribution in [0.25, 0.3) is 11.0 Å². The number of amides is 1. The van der Waals surface area contributed by atoms with Gasteiger partial charge in [-0.3, -0.25) is 14.2 Å². The Balaban J connectivity index is 1.32. The number of hydrogen-bond donors (Lipinski definition) is 3. The van der Waals surface area contributed by atoms with E-state index in [0.717, 1.165) is 42.1 Å². The van der Waals surface area contributed by atoms with Gasteiger partial charge in [0.15, 0.2) is 0 Å². The first-order chi connectivity index (χ1) is 18.5. The lowest BCUT2D eigenvalue weighted by atomic mass is 9.98. The van der Waals surface area contributed by atoms with Crippen LogP contribution in [0.15, 0.2) is 65.6 Å². The predicted molar refractivity (Wildman–Crippen MR) is 146 cm³/mol. The predicted octanol–water partition coefficient (Wildman–Crippen LogP) is 3.26. The number of likely N-dealkylation sites (N-methyl/N-ethyl adjacent to an activating group) is 1. The first kappa shape index (κ1) is 23.6. The first-order valence-corrected chi connectivity index (χ1v) is 12.5. The summed E-state index contributed by atoms with van der Waals surface area (Å²) >= 11 is 0. The van der Waals surface area contributed by atoms with E-state index in [-0.39, 0.29) is 23.1 Å². The van der Waals surface area contributed by atoms with Gasteiger partial charge >= 0.3 is 0 Å². The van der Waals surface area contributed by atoms with Gasteiger partial charge in [0.05, 0.1) is 0 Å². The van der Waals surface area contributed by atoms with E-state index in [1.165, 1.54) is 10.6 Å². The molecule has 1 saturated heterocycles. The van der Waals surface area contributed by atoms with Gasteiger partial charge in [-0.15, -0.1) is 0 Å². The van der Waals surface area contributed by atoms with Crippen molar-refractivity contribution in [2.24, 2.45) is 0 Å². The maximum Gasteiger partial charge on any atom is 0.270 e. The fourth-order valence-electron chi connectivity index (χ4n) is 5.16. The number of carbonyl (C=O) groups is 1. The molecule has 6 rings (SSSR count). The zero-order valence-electron chi connectivity index (χ0n) is 20.8. The first-order valence-electron chi connectivity index (χ1n) is 12.5. The fraction of sp³-hybridized carbons (Fsp3) is 0.250. The van der Waals surface area contributed by atoms with E-state index in [1.807, 2.05) is 54.6 Å². The van der Waals surface area contributed by atoms with E-state index in [4.69, 9.17) is 0 Å². The van der Waals surface area contributed by atoms with Gasteiger partial charge in [-0.05, 0) is 62.0 Å². The van der Waals surface area contributed by atoms with E-state index < -0.39 is 11.6 Å². The number of benzene rings is 2. The monoisotopic (exact) mass is 506 g/mol. The van der Waals surface area contributed by atoms with Crippen molar-refractivity contribution in [3.8, 4) is 6.07 Å². The minimum Gasteiger partial charge on any atom is -0.381 e. The van der Waals surface area contributed by atoms with Gasteiger partial charge in [-0.25, -0.2) is 4.98 Å².